The predicted octanol–water partition coefficient (Wildman–Crippen LogP) is 0.443. The number of hydrogen-bond donors (Lipinski definition) is 3. The minimum atomic E-state index is -0.502. The van der Waals surface area contributed by atoms with Crippen molar-refractivity contribution in [2.24, 2.45) is 11.7 Å². The van der Waals surface area contributed by atoms with Crippen molar-refractivity contribution < 1.29 is 9.90 Å². The van der Waals surface area contributed by atoms with E-state index in [4.69, 9.17) is 10.8 Å². The average Bonchev–Trinajstić information content (AvgIpc) is 2.34. The maximum Gasteiger partial charge on any atom is 0.237 e. The van der Waals surface area contributed by atoms with Gasteiger partial charge >= 0.3 is 0 Å². The molecule has 2 rings (SSSR count). The first-order valence-corrected chi connectivity index (χ1v) is 6.40. The van der Waals surface area contributed by atoms with Crippen molar-refractivity contribution in [2.45, 2.75) is 31.4 Å². The number of carbonyl (C=O) groups is 1. The highest BCUT2D eigenvalue weighted by molar-refractivity contribution is 5.81. The van der Waals surface area contributed by atoms with Crippen molar-refractivity contribution >= 4 is 5.91 Å². The lowest BCUT2D eigenvalue weighted by Gasteiger charge is -2.31. The molecule has 0 heterocycles. The predicted molar refractivity (Wildman–Crippen MR) is 69.9 cm³/mol. The first-order valence-electron chi connectivity index (χ1n) is 6.40. The third-order valence-electron chi connectivity index (χ3n) is 3.41. The van der Waals surface area contributed by atoms with Gasteiger partial charge in [-0.05, 0) is 30.7 Å². The SMILES string of the molecule is N[C@H](Cc1ccccc1)C(=O)NCC1CC(O)C1. The zero-order valence-corrected chi connectivity index (χ0v) is 10.4. The largest absolute Gasteiger partial charge is 0.393 e. The summed E-state index contributed by atoms with van der Waals surface area (Å²) in [5, 5.41) is 12.0. The Balaban J connectivity index is 1.71. The van der Waals surface area contributed by atoms with E-state index >= 15 is 0 Å². The second-order valence-electron chi connectivity index (χ2n) is 5.03. The van der Waals surface area contributed by atoms with Crippen LogP contribution in [0.5, 0.6) is 0 Å². The molecule has 1 amide bonds. The molecule has 1 atom stereocenters. The molecule has 1 fully saturated rings. The van der Waals surface area contributed by atoms with E-state index in [0.29, 0.717) is 18.9 Å². The highest BCUT2D eigenvalue weighted by Gasteiger charge is 2.27. The van der Waals surface area contributed by atoms with Crippen LogP contribution in [-0.4, -0.2) is 29.7 Å². The van der Waals surface area contributed by atoms with Gasteiger partial charge in [0.1, 0.15) is 0 Å². The maximum atomic E-state index is 11.8. The van der Waals surface area contributed by atoms with E-state index < -0.39 is 6.04 Å². The van der Waals surface area contributed by atoms with Gasteiger partial charge in [-0.1, -0.05) is 30.3 Å². The molecule has 98 valence electrons. The summed E-state index contributed by atoms with van der Waals surface area (Å²) in [5.41, 5.74) is 6.93. The highest BCUT2D eigenvalue weighted by Crippen LogP contribution is 2.26. The first kappa shape index (κ1) is 13.1. The topological polar surface area (TPSA) is 75.4 Å². The van der Waals surface area contributed by atoms with Crippen LogP contribution in [0, 0.1) is 5.92 Å². The lowest BCUT2D eigenvalue weighted by Crippen LogP contribution is -2.46. The van der Waals surface area contributed by atoms with Crippen molar-refractivity contribution in [1.82, 2.24) is 5.32 Å². The molecule has 1 saturated carbocycles. The minimum Gasteiger partial charge on any atom is -0.393 e. The van der Waals surface area contributed by atoms with Gasteiger partial charge in [-0.3, -0.25) is 4.79 Å². The molecule has 4 N–H and O–H groups in total. The number of amides is 1. The number of nitrogens with one attached hydrogen (secondary N) is 1. The van der Waals surface area contributed by atoms with Gasteiger partial charge in [-0.2, -0.15) is 0 Å². The van der Waals surface area contributed by atoms with Gasteiger partial charge in [0.25, 0.3) is 0 Å². The van der Waals surface area contributed by atoms with Crippen molar-refractivity contribution in [2.75, 3.05) is 6.54 Å². The molecule has 4 heteroatoms. The van der Waals surface area contributed by atoms with Crippen molar-refractivity contribution in [3.8, 4) is 0 Å². The standard InChI is InChI=1S/C14H20N2O2/c15-13(8-10-4-2-1-3-5-10)14(18)16-9-11-6-12(17)7-11/h1-5,11-13,17H,6-9,15H2,(H,16,18)/t11?,12?,13-/m1/s1. The van der Waals surface area contributed by atoms with E-state index in [2.05, 4.69) is 5.32 Å². The van der Waals surface area contributed by atoms with E-state index in [1.54, 1.807) is 0 Å². The normalized spacial score (nSPS) is 24.1. The molecule has 4 nitrogen and oxygen atoms in total. The first-order chi connectivity index (χ1) is 8.65. The van der Waals surface area contributed by atoms with E-state index in [0.717, 1.165) is 18.4 Å². The quantitative estimate of drug-likeness (QED) is 0.708. The molecule has 0 bridgehead atoms. The number of hydrogen-bond acceptors (Lipinski definition) is 3. The van der Waals surface area contributed by atoms with Crippen LogP contribution in [0.25, 0.3) is 0 Å². The second-order valence-corrected chi connectivity index (χ2v) is 5.03. The number of benzene rings is 1. The molecule has 1 aromatic carbocycles. The molecule has 0 aliphatic heterocycles. The molecule has 1 aromatic rings. The van der Waals surface area contributed by atoms with Crippen molar-refractivity contribution in [3.05, 3.63) is 35.9 Å². The zero-order chi connectivity index (χ0) is 13.0. The molecular weight excluding hydrogens is 228 g/mol. The summed E-state index contributed by atoms with van der Waals surface area (Å²) in [7, 11) is 0. The summed E-state index contributed by atoms with van der Waals surface area (Å²) in [4.78, 5) is 11.8. The van der Waals surface area contributed by atoms with Gasteiger partial charge in [0.15, 0.2) is 0 Å². The minimum absolute atomic E-state index is 0.111. The summed E-state index contributed by atoms with van der Waals surface area (Å²) < 4.78 is 0. The van der Waals surface area contributed by atoms with Crippen LogP contribution in [0.2, 0.25) is 0 Å². The number of carbonyl (C=O) groups excluding carboxylic acids is 1. The van der Waals surface area contributed by atoms with Crippen LogP contribution in [0.4, 0.5) is 0 Å². The van der Waals surface area contributed by atoms with Crippen molar-refractivity contribution in [3.63, 3.8) is 0 Å². The molecule has 1 aliphatic rings. The van der Waals surface area contributed by atoms with Gasteiger partial charge < -0.3 is 16.2 Å². The Morgan fingerprint density at radius 2 is 2.06 bits per heavy atom. The zero-order valence-electron chi connectivity index (χ0n) is 10.4. The molecule has 0 unspecified atom stereocenters. The van der Waals surface area contributed by atoms with E-state index in [1.165, 1.54) is 0 Å². The van der Waals surface area contributed by atoms with Crippen LogP contribution in [0.1, 0.15) is 18.4 Å². The van der Waals surface area contributed by atoms with Gasteiger partial charge in [0, 0.05) is 6.54 Å². The van der Waals surface area contributed by atoms with Crippen LogP contribution < -0.4 is 11.1 Å². The van der Waals surface area contributed by atoms with E-state index in [-0.39, 0.29) is 12.0 Å². The molecule has 0 spiro atoms. The third kappa shape index (κ3) is 3.55. The third-order valence-corrected chi connectivity index (χ3v) is 3.41. The summed E-state index contributed by atoms with van der Waals surface area (Å²) in [6.07, 6.45) is 1.95. The van der Waals surface area contributed by atoms with Gasteiger partial charge in [0.05, 0.1) is 12.1 Å². The summed E-state index contributed by atoms with van der Waals surface area (Å²) in [6, 6.07) is 9.25. The van der Waals surface area contributed by atoms with Crippen LogP contribution in [-0.2, 0) is 11.2 Å². The lowest BCUT2D eigenvalue weighted by molar-refractivity contribution is -0.122. The summed E-state index contributed by atoms with van der Waals surface area (Å²) in [5.74, 6) is 0.299. The summed E-state index contributed by atoms with van der Waals surface area (Å²) >= 11 is 0. The molecule has 18 heavy (non-hydrogen) atoms. The fraction of sp³-hybridized carbons (Fsp3) is 0.500. The number of aliphatic hydroxyl groups is 1. The molecule has 0 radical (unpaired) electrons. The van der Waals surface area contributed by atoms with Crippen LogP contribution in [0.15, 0.2) is 30.3 Å². The van der Waals surface area contributed by atoms with Gasteiger partial charge in [0.2, 0.25) is 5.91 Å². The van der Waals surface area contributed by atoms with Gasteiger partial charge in [-0.25, -0.2) is 0 Å². The molecule has 0 aromatic heterocycles. The Labute approximate surface area is 107 Å². The number of aliphatic hydroxyl groups excluding tert-OH is 1. The Bertz CT molecular complexity index is 388. The monoisotopic (exact) mass is 248 g/mol. The second kappa shape index (κ2) is 5.98. The van der Waals surface area contributed by atoms with Crippen LogP contribution in [0.3, 0.4) is 0 Å². The average molecular weight is 248 g/mol. The Morgan fingerprint density at radius 3 is 2.67 bits per heavy atom. The molecule has 0 saturated heterocycles. The number of rotatable bonds is 5. The Morgan fingerprint density at radius 1 is 1.39 bits per heavy atom. The lowest BCUT2D eigenvalue weighted by atomic mass is 9.82. The fourth-order valence-electron chi connectivity index (χ4n) is 2.20. The smallest absolute Gasteiger partial charge is 0.237 e. The molecular formula is C14H20N2O2. The van der Waals surface area contributed by atoms with Gasteiger partial charge in [-0.15, -0.1) is 0 Å². The van der Waals surface area contributed by atoms with Crippen molar-refractivity contribution in [1.29, 1.82) is 0 Å². The molecule has 1 aliphatic carbocycles. The van der Waals surface area contributed by atoms with E-state index in [9.17, 15) is 4.79 Å². The fourth-order valence-corrected chi connectivity index (χ4v) is 2.20. The van der Waals surface area contributed by atoms with E-state index in [1.807, 2.05) is 30.3 Å². The summed E-state index contributed by atoms with van der Waals surface area (Å²) in [6.45, 7) is 0.623. The highest BCUT2D eigenvalue weighted by atomic mass is 16.3. The number of nitrogens with two attached hydrogens (primary N) is 1. The Kier molecular flexibility index (Phi) is 4.33. The van der Waals surface area contributed by atoms with Crippen LogP contribution >= 0.6 is 0 Å². The maximum absolute atomic E-state index is 11.8. The Hall–Kier alpha value is -1.39.